The van der Waals surface area contributed by atoms with E-state index in [0.29, 0.717) is 5.92 Å². The number of carboxylic acids is 1. The number of allylic oxidation sites excluding steroid dienone is 2. The Morgan fingerprint density at radius 3 is 2.56 bits per heavy atom. The number of amides is 1. The van der Waals surface area contributed by atoms with Crippen molar-refractivity contribution in [1.29, 1.82) is 0 Å². The van der Waals surface area contributed by atoms with Crippen LogP contribution in [-0.2, 0) is 19.1 Å². The number of hydrogen-bond donors (Lipinski definition) is 2. The van der Waals surface area contributed by atoms with Gasteiger partial charge in [0.05, 0.1) is 6.42 Å². The fraction of sp³-hybridized carbons (Fsp3) is 0.750. The number of carbonyl (C=O) groups excluding carboxylic acids is 2. The minimum Gasteiger partial charge on any atom is -0.481 e. The van der Waals surface area contributed by atoms with Crippen molar-refractivity contribution >= 4 is 18.0 Å². The number of ether oxygens (including phenoxy) is 2. The average Bonchev–Trinajstić information content (AvgIpc) is 2.95. The lowest BCUT2D eigenvalue weighted by Crippen LogP contribution is -2.53. The monoisotopic (exact) mass is 381 g/mol. The third-order valence-corrected chi connectivity index (χ3v) is 5.67. The summed E-state index contributed by atoms with van der Waals surface area (Å²) in [4.78, 5) is 35.1. The van der Waals surface area contributed by atoms with Gasteiger partial charge in [0.25, 0.3) is 6.29 Å². The maximum Gasteiger partial charge on any atom is 0.410 e. The quantitative estimate of drug-likeness (QED) is 0.360. The Kier molecular flexibility index (Phi) is 6.89. The molecule has 27 heavy (non-hydrogen) atoms. The van der Waals surface area contributed by atoms with Crippen molar-refractivity contribution in [2.24, 2.45) is 23.2 Å². The highest BCUT2D eigenvalue weighted by atomic mass is 16.7. The van der Waals surface area contributed by atoms with Crippen molar-refractivity contribution in [3.63, 3.8) is 0 Å². The van der Waals surface area contributed by atoms with E-state index in [-0.39, 0.29) is 31.2 Å². The second-order valence-electron chi connectivity index (χ2n) is 8.02. The van der Waals surface area contributed by atoms with Crippen molar-refractivity contribution in [3.05, 3.63) is 11.6 Å². The van der Waals surface area contributed by atoms with Crippen molar-refractivity contribution in [3.8, 4) is 0 Å². The van der Waals surface area contributed by atoms with Gasteiger partial charge in [0, 0.05) is 24.3 Å². The molecule has 0 radical (unpaired) electrons. The van der Waals surface area contributed by atoms with Crippen molar-refractivity contribution in [2.75, 3.05) is 6.54 Å². The predicted octanol–water partition coefficient (Wildman–Crippen LogP) is 3.49. The van der Waals surface area contributed by atoms with Crippen LogP contribution in [0.3, 0.4) is 0 Å². The Labute approximate surface area is 160 Å². The van der Waals surface area contributed by atoms with E-state index in [9.17, 15) is 19.5 Å². The van der Waals surface area contributed by atoms with Crippen LogP contribution in [0.5, 0.6) is 0 Å². The molecule has 1 amide bonds. The highest BCUT2D eigenvalue weighted by Crippen LogP contribution is 2.59. The largest absolute Gasteiger partial charge is 0.481 e. The highest BCUT2D eigenvalue weighted by molar-refractivity contribution is 5.71. The molecule has 0 aliphatic heterocycles. The van der Waals surface area contributed by atoms with Gasteiger partial charge < -0.3 is 19.9 Å². The zero-order valence-corrected chi connectivity index (χ0v) is 16.6. The lowest BCUT2D eigenvalue weighted by molar-refractivity contribution is -0.174. The molecule has 0 heterocycles. The van der Waals surface area contributed by atoms with Crippen LogP contribution < -0.4 is 5.32 Å². The van der Waals surface area contributed by atoms with Crippen LogP contribution in [0.4, 0.5) is 4.79 Å². The zero-order valence-electron chi connectivity index (χ0n) is 16.6. The molecule has 7 heteroatoms. The van der Waals surface area contributed by atoms with Crippen LogP contribution in [0.15, 0.2) is 11.6 Å². The summed E-state index contributed by atoms with van der Waals surface area (Å²) < 4.78 is 10.4. The van der Waals surface area contributed by atoms with Gasteiger partial charge in [0.15, 0.2) is 0 Å². The molecule has 0 bridgehead atoms. The van der Waals surface area contributed by atoms with Gasteiger partial charge in [-0.1, -0.05) is 39.3 Å². The molecule has 0 aromatic rings. The molecule has 7 nitrogen and oxygen atoms in total. The summed E-state index contributed by atoms with van der Waals surface area (Å²) in [6.07, 6.45) is 3.54. The van der Waals surface area contributed by atoms with Gasteiger partial charge in [-0.2, -0.15) is 0 Å². The van der Waals surface area contributed by atoms with E-state index in [4.69, 9.17) is 9.47 Å². The molecule has 0 spiro atoms. The van der Waals surface area contributed by atoms with E-state index in [1.165, 1.54) is 5.57 Å². The summed E-state index contributed by atoms with van der Waals surface area (Å²) in [7, 11) is 0. The van der Waals surface area contributed by atoms with Crippen LogP contribution in [-0.4, -0.2) is 36.0 Å². The second kappa shape index (κ2) is 8.76. The van der Waals surface area contributed by atoms with Crippen molar-refractivity contribution in [1.82, 2.24) is 5.32 Å². The number of alkyl carbamates (subject to hydrolysis) is 1. The summed E-state index contributed by atoms with van der Waals surface area (Å²) in [6, 6.07) is 0. The molecule has 0 aromatic heterocycles. The van der Waals surface area contributed by atoms with Crippen LogP contribution >= 0.6 is 0 Å². The van der Waals surface area contributed by atoms with Gasteiger partial charge in [-0.25, -0.2) is 4.79 Å². The zero-order chi connectivity index (χ0) is 20.2. The topological polar surface area (TPSA) is 102 Å². The first-order valence-corrected chi connectivity index (χ1v) is 9.76. The smallest absolute Gasteiger partial charge is 0.410 e. The predicted molar refractivity (Wildman–Crippen MR) is 98.8 cm³/mol. The van der Waals surface area contributed by atoms with Crippen molar-refractivity contribution < 1.29 is 29.0 Å². The van der Waals surface area contributed by atoms with E-state index in [1.807, 2.05) is 0 Å². The Balaban J connectivity index is 1.97. The molecule has 0 saturated heterocycles. The van der Waals surface area contributed by atoms with E-state index in [1.54, 1.807) is 20.8 Å². The minimum atomic E-state index is -0.958. The first-order chi connectivity index (χ1) is 12.7. The number of carboxylic acid groups (broad SMARTS) is 1. The molecule has 0 aromatic carbocycles. The maximum absolute atomic E-state index is 12.2. The lowest BCUT2D eigenvalue weighted by Gasteiger charge is -2.51. The summed E-state index contributed by atoms with van der Waals surface area (Å²) in [6.45, 7) is 7.59. The molecule has 4 atom stereocenters. The number of fused-ring (bicyclic) bond motifs is 1. The van der Waals surface area contributed by atoms with E-state index < -0.39 is 29.7 Å². The van der Waals surface area contributed by atoms with Gasteiger partial charge in [-0.3, -0.25) is 9.59 Å². The van der Waals surface area contributed by atoms with Crippen LogP contribution in [0.1, 0.15) is 59.8 Å². The molecule has 152 valence electrons. The Hall–Kier alpha value is -2.05. The number of aliphatic carboxylic acids is 1. The number of esters is 1. The molecular formula is C20H31NO6. The Morgan fingerprint density at radius 2 is 2.00 bits per heavy atom. The standard InChI is InChI=1S/C20H31NO6/c1-5-13-7-14-9-20(10-16(22)23,15(14)8-13)11-21-19(25)27-18(12(3)4)26-17(24)6-2/h8,12,14-15,18H,5-7,9-11H2,1-4H3,(H,21,25)(H,22,23)/t14-,15+,18-,20+/m0/s1. The molecule has 2 aliphatic rings. The first kappa shape index (κ1) is 21.3. The van der Waals surface area contributed by atoms with Crippen LogP contribution in [0, 0.1) is 23.2 Å². The Morgan fingerprint density at radius 1 is 1.30 bits per heavy atom. The molecule has 2 rings (SSSR count). The molecule has 0 unspecified atom stereocenters. The lowest BCUT2D eigenvalue weighted by atomic mass is 9.53. The maximum atomic E-state index is 12.2. The molecular weight excluding hydrogens is 350 g/mol. The highest BCUT2D eigenvalue weighted by Gasteiger charge is 2.55. The number of nitrogens with one attached hydrogen (secondary N) is 1. The fourth-order valence-electron chi connectivity index (χ4n) is 4.21. The van der Waals surface area contributed by atoms with Gasteiger partial charge in [0.2, 0.25) is 0 Å². The fourth-order valence-corrected chi connectivity index (χ4v) is 4.21. The van der Waals surface area contributed by atoms with E-state index in [2.05, 4.69) is 18.3 Å². The molecule has 1 fully saturated rings. The molecule has 2 aliphatic carbocycles. The van der Waals surface area contributed by atoms with Gasteiger partial charge in [0.1, 0.15) is 0 Å². The minimum absolute atomic E-state index is 0.0143. The number of rotatable bonds is 9. The van der Waals surface area contributed by atoms with Gasteiger partial charge in [-0.15, -0.1) is 0 Å². The number of hydrogen-bond acceptors (Lipinski definition) is 5. The molecule has 1 saturated carbocycles. The second-order valence-corrected chi connectivity index (χ2v) is 8.02. The summed E-state index contributed by atoms with van der Waals surface area (Å²) in [5, 5.41) is 12.1. The van der Waals surface area contributed by atoms with E-state index >= 15 is 0 Å². The van der Waals surface area contributed by atoms with Crippen molar-refractivity contribution in [2.45, 2.75) is 66.1 Å². The van der Waals surface area contributed by atoms with Gasteiger partial charge >= 0.3 is 18.0 Å². The van der Waals surface area contributed by atoms with E-state index in [0.717, 1.165) is 19.3 Å². The average molecular weight is 381 g/mol. The first-order valence-electron chi connectivity index (χ1n) is 9.76. The number of carbonyl (C=O) groups is 3. The summed E-state index contributed by atoms with van der Waals surface area (Å²) >= 11 is 0. The normalized spacial score (nSPS) is 27.2. The Bertz CT molecular complexity index is 614. The SMILES string of the molecule is CCC(=O)O[C@@H](OC(=O)NC[C@]1(CC(=O)O)C[C@@H]2CC(CC)=C[C@H]21)C(C)C. The van der Waals surface area contributed by atoms with Gasteiger partial charge in [-0.05, 0) is 31.1 Å². The van der Waals surface area contributed by atoms with Crippen LogP contribution in [0.25, 0.3) is 0 Å². The molecule has 2 N–H and O–H groups in total. The summed E-state index contributed by atoms with van der Waals surface area (Å²) in [5.74, 6) is -0.821. The van der Waals surface area contributed by atoms with Crippen LogP contribution in [0.2, 0.25) is 0 Å². The third-order valence-electron chi connectivity index (χ3n) is 5.67. The summed E-state index contributed by atoms with van der Waals surface area (Å²) in [5.41, 5.74) is 0.894. The third kappa shape index (κ3) is 5.02.